The number of fused-ring (bicyclic) bond motifs is 1. The van der Waals surface area contributed by atoms with Crippen molar-refractivity contribution in [2.45, 2.75) is 19.8 Å². The summed E-state index contributed by atoms with van der Waals surface area (Å²) in [7, 11) is 0. The summed E-state index contributed by atoms with van der Waals surface area (Å²) in [5, 5.41) is 14.9. The van der Waals surface area contributed by atoms with Crippen LogP contribution in [0.3, 0.4) is 0 Å². The number of carboxylic acid groups (broad SMARTS) is 1. The largest absolute Gasteiger partial charge is 0.476 e. The molecule has 188 valence electrons. The zero-order valence-corrected chi connectivity index (χ0v) is 20.9. The molecule has 2 N–H and O–H groups in total. The van der Waals surface area contributed by atoms with E-state index in [9.17, 15) is 14.7 Å². The summed E-state index contributed by atoms with van der Waals surface area (Å²) in [5.74, 6) is -1.72. The lowest BCUT2D eigenvalue weighted by atomic mass is 9.97. The Hall–Kier alpha value is -4.91. The van der Waals surface area contributed by atoms with Crippen molar-refractivity contribution in [2.24, 2.45) is 5.10 Å². The van der Waals surface area contributed by atoms with Crippen LogP contribution in [-0.2, 0) is 16.0 Å². The highest BCUT2D eigenvalue weighted by atomic mass is 16.4. The number of carboxylic acids is 1. The van der Waals surface area contributed by atoms with Gasteiger partial charge in [0, 0.05) is 29.3 Å². The normalized spacial score (nSPS) is 16.1. The third kappa shape index (κ3) is 4.28. The summed E-state index contributed by atoms with van der Waals surface area (Å²) < 4.78 is 0. The molecule has 0 spiro atoms. The van der Waals surface area contributed by atoms with Gasteiger partial charge in [0.25, 0.3) is 5.91 Å². The molecule has 1 amide bonds. The van der Waals surface area contributed by atoms with E-state index in [4.69, 9.17) is 0 Å². The summed E-state index contributed by atoms with van der Waals surface area (Å²) in [4.78, 5) is 30.7. The predicted molar refractivity (Wildman–Crippen MR) is 150 cm³/mol. The van der Waals surface area contributed by atoms with Gasteiger partial charge in [-0.3, -0.25) is 4.79 Å². The van der Waals surface area contributed by atoms with Gasteiger partial charge >= 0.3 is 5.97 Å². The number of aromatic amines is 1. The maximum absolute atomic E-state index is 13.1. The lowest BCUT2D eigenvalue weighted by Crippen LogP contribution is -2.24. The number of aryl methyl sites for hydroxylation is 2. The molecule has 7 nitrogen and oxygen atoms in total. The number of nitrogens with zero attached hydrogens (tertiary/aromatic N) is 3. The molecule has 3 aromatic carbocycles. The van der Waals surface area contributed by atoms with E-state index in [0.29, 0.717) is 11.4 Å². The van der Waals surface area contributed by atoms with Gasteiger partial charge in [-0.1, -0.05) is 42.0 Å². The van der Waals surface area contributed by atoms with Crippen molar-refractivity contribution in [1.29, 1.82) is 0 Å². The van der Waals surface area contributed by atoms with Crippen molar-refractivity contribution in [3.05, 3.63) is 107 Å². The van der Waals surface area contributed by atoms with Gasteiger partial charge in [0.05, 0.1) is 11.3 Å². The zero-order valence-electron chi connectivity index (χ0n) is 20.9. The van der Waals surface area contributed by atoms with E-state index in [1.807, 2.05) is 18.2 Å². The van der Waals surface area contributed by atoms with Gasteiger partial charge in [-0.25, -0.2) is 4.79 Å². The van der Waals surface area contributed by atoms with Gasteiger partial charge in [-0.05, 0) is 85.5 Å². The maximum atomic E-state index is 13.1. The highest BCUT2D eigenvalue weighted by Gasteiger charge is 2.35. The van der Waals surface area contributed by atoms with Crippen LogP contribution in [0.5, 0.6) is 0 Å². The second-order valence-corrected chi connectivity index (χ2v) is 9.53. The average Bonchev–Trinajstić information content (AvgIpc) is 3.54. The molecular formula is C31H26N4O3. The molecule has 0 bridgehead atoms. The Balaban J connectivity index is 1.29. The number of aliphatic carboxylic acids is 1. The van der Waals surface area contributed by atoms with Gasteiger partial charge < -0.3 is 15.0 Å². The number of carbonyl (C=O) groups is 2. The van der Waals surface area contributed by atoms with Crippen LogP contribution < -0.4 is 9.91 Å². The molecule has 0 aliphatic carbocycles. The van der Waals surface area contributed by atoms with Crippen molar-refractivity contribution in [3.63, 3.8) is 0 Å². The van der Waals surface area contributed by atoms with Crippen LogP contribution in [0.4, 0.5) is 17.1 Å². The zero-order chi connectivity index (χ0) is 26.2. The Labute approximate surface area is 220 Å². The van der Waals surface area contributed by atoms with Gasteiger partial charge in [0.15, 0.2) is 5.71 Å². The highest BCUT2D eigenvalue weighted by molar-refractivity contribution is 6.53. The summed E-state index contributed by atoms with van der Waals surface area (Å²) in [6.07, 6.45) is 3.63. The number of hydrogen-bond donors (Lipinski definition) is 2. The topological polar surface area (TPSA) is 89.0 Å². The van der Waals surface area contributed by atoms with Crippen LogP contribution >= 0.6 is 0 Å². The number of anilines is 3. The van der Waals surface area contributed by atoms with E-state index >= 15 is 0 Å². The summed E-state index contributed by atoms with van der Waals surface area (Å²) >= 11 is 0. The number of amides is 1. The molecule has 4 aromatic rings. The van der Waals surface area contributed by atoms with Crippen LogP contribution in [0.1, 0.15) is 23.2 Å². The fourth-order valence-electron chi connectivity index (χ4n) is 5.02. The SMILES string of the molecule is Cc1ccc(N2CCCc3cc(-c4ccc(/C=C5\C(=O)N(c6ccccc6)N=C5C(=O)O)[nH]4)ccc32)cc1. The minimum atomic E-state index is -1.25. The van der Waals surface area contributed by atoms with E-state index < -0.39 is 11.9 Å². The summed E-state index contributed by atoms with van der Waals surface area (Å²) in [5.41, 5.74) is 7.78. The highest BCUT2D eigenvalue weighted by Crippen LogP contribution is 2.36. The van der Waals surface area contributed by atoms with Gasteiger partial charge in [-0.2, -0.15) is 10.1 Å². The molecule has 6 rings (SSSR count). The third-order valence-electron chi connectivity index (χ3n) is 6.94. The standard InChI is InChI=1S/C31H26N4O3/c1-20-9-13-24(14-10-20)34-17-5-6-22-18-21(11-16-28(22)34)27-15-12-23(32-27)19-26-29(31(37)38)33-35(30(26)36)25-7-3-2-4-8-25/h2-4,7-16,18-19,32H,5-6,17H2,1H3,(H,37,38)/b26-19-. The maximum Gasteiger partial charge on any atom is 0.357 e. The van der Waals surface area contributed by atoms with E-state index in [1.54, 1.807) is 30.3 Å². The molecule has 1 aromatic heterocycles. The van der Waals surface area contributed by atoms with Gasteiger partial charge in [0.1, 0.15) is 0 Å². The lowest BCUT2D eigenvalue weighted by Gasteiger charge is -2.31. The van der Waals surface area contributed by atoms with Crippen molar-refractivity contribution in [2.75, 3.05) is 16.5 Å². The predicted octanol–water partition coefficient (Wildman–Crippen LogP) is 5.95. The third-order valence-corrected chi connectivity index (χ3v) is 6.94. The lowest BCUT2D eigenvalue weighted by molar-refractivity contribution is -0.129. The number of rotatable bonds is 5. The van der Waals surface area contributed by atoms with E-state index in [1.165, 1.54) is 22.5 Å². The Kier molecular flexibility index (Phi) is 5.88. The van der Waals surface area contributed by atoms with Gasteiger partial charge in [-0.15, -0.1) is 0 Å². The van der Waals surface area contributed by atoms with Crippen LogP contribution in [0.2, 0.25) is 0 Å². The van der Waals surface area contributed by atoms with E-state index in [0.717, 1.165) is 35.7 Å². The van der Waals surface area contributed by atoms with E-state index in [2.05, 4.69) is 64.4 Å². The number of aromatic nitrogens is 1. The number of hydrogen-bond acceptors (Lipinski definition) is 4. The fraction of sp³-hybridized carbons (Fsp3) is 0.129. The van der Waals surface area contributed by atoms with Crippen LogP contribution in [0.15, 0.2) is 95.6 Å². The first-order valence-corrected chi connectivity index (χ1v) is 12.6. The number of H-pyrrole nitrogens is 1. The van der Waals surface area contributed by atoms with Crippen molar-refractivity contribution in [1.82, 2.24) is 4.98 Å². The first kappa shape index (κ1) is 23.5. The number of nitrogens with one attached hydrogen (secondary N) is 1. The van der Waals surface area contributed by atoms with Crippen LogP contribution in [0, 0.1) is 6.92 Å². The van der Waals surface area contributed by atoms with Crippen molar-refractivity contribution >= 4 is 40.7 Å². The molecule has 0 saturated carbocycles. The smallest absolute Gasteiger partial charge is 0.357 e. The second-order valence-electron chi connectivity index (χ2n) is 9.53. The van der Waals surface area contributed by atoms with Crippen molar-refractivity contribution in [3.8, 4) is 11.3 Å². The Morgan fingerprint density at radius 1 is 0.974 bits per heavy atom. The average molecular weight is 503 g/mol. The molecule has 0 fully saturated rings. The molecule has 0 atom stereocenters. The molecule has 2 aliphatic heterocycles. The monoisotopic (exact) mass is 502 g/mol. The van der Waals surface area contributed by atoms with Crippen molar-refractivity contribution < 1.29 is 14.7 Å². The molecule has 0 unspecified atom stereocenters. The molecule has 3 heterocycles. The van der Waals surface area contributed by atoms with E-state index in [-0.39, 0.29) is 11.3 Å². The summed E-state index contributed by atoms with van der Waals surface area (Å²) in [6.45, 7) is 3.08. The minimum Gasteiger partial charge on any atom is -0.476 e. The Morgan fingerprint density at radius 3 is 2.53 bits per heavy atom. The molecule has 0 saturated heterocycles. The molecule has 7 heteroatoms. The summed E-state index contributed by atoms with van der Waals surface area (Å²) in [6, 6.07) is 27.7. The molecule has 0 radical (unpaired) electrons. The minimum absolute atomic E-state index is 0.0360. The van der Waals surface area contributed by atoms with Crippen LogP contribution in [0.25, 0.3) is 17.3 Å². The molecule has 38 heavy (non-hydrogen) atoms. The second kappa shape index (κ2) is 9.52. The number of carbonyl (C=O) groups excluding carboxylic acids is 1. The molecular weight excluding hydrogens is 476 g/mol. The number of para-hydroxylation sites is 1. The molecule has 2 aliphatic rings. The number of benzene rings is 3. The number of hydrazone groups is 1. The van der Waals surface area contributed by atoms with Crippen LogP contribution in [-0.4, -0.2) is 34.2 Å². The Morgan fingerprint density at radius 2 is 1.76 bits per heavy atom. The fourth-order valence-corrected chi connectivity index (χ4v) is 5.02. The quantitative estimate of drug-likeness (QED) is 0.330. The Bertz CT molecular complexity index is 1600. The van der Waals surface area contributed by atoms with Gasteiger partial charge in [0.2, 0.25) is 0 Å². The first-order valence-electron chi connectivity index (χ1n) is 12.6. The first-order chi connectivity index (χ1) is 18.5.